The van der Waals surface area contributed by atoms with E-state index in [1.54, 1.807) is 6.92 Å². The normalized spacial score (nSPS) is 16.4. The van der Waals surface area contributed by atoms with E-state index in [9.17, 15) is 9.59 Å². The molecule has 24 heavy (non-hydrogen) atoms. The molecule has 2 N–H and O–H groups in total. The average molecular weight is 353 g/mol. The molecule has 134 valence electrons. The van der Waals surface area contributed by atoms with E-state index in [1.807, 2.05) is 20.8 Å². The third-order valence-corrected chi connectivity index (χ3v) is 5.42. The molecule has 1 aromatic heterocycles. The molecule has 1 heterocycles. The number of imide groups is 1. The van der Waals surface area contributed by atoms with Gasteiger partial charge in [-0.3, -0.25) is 10.1 Å². The first kappa shape index (κ1) is 18.8. The summed E-state index contributed by atoms with van der Waals surface area (Å²) >= 11 is 1.42. The third kappa shape index (κ3) is 4.53. The predicted octanol–water partition coefficient (Wildman–Crippen LogP) is 3.33. The molecule has 2 rings (SSSR count). The van der Waals surface area contributed by atoms with E-state index in [0.29, 0.717) is 6.04 Å². The molecular formula is C17H28N4O2S. The molecule has 1 atom stereocenters. The maximum absolute atomic E-state index is 12.2. The highest BCUT2D eigenvalue weighted by Crippen LogP contribution is 2.36. The molecule has 7 heteroatoms. The Hall–Kier alpha value is -1.50. The number of imidazole rings is 1. The van der Waals surface area contributed by atoms with Crippen LogP contribution in [0, 0.1) is 13.8 Å². The van der Waals surface area contributed by atoms with Gasteiger partial charge in [-0.1, -0.05) is 24.6 Å². The van der Waals surface area contributed by atoms with Crippen molar-refractivity contribution in [1.29, 1.82) is 0 Å². The van der Waals surface area contributed by atoms with Gasteiger partial charge in [-0.05, 0) is 47.5 Å². The Balaban J connectivity index is 2.06. The van der Waals surface area contributed by atoms with Crippen molar-refractivity contribution >= 4 is 23.7 Å². The topological polar surface area (TPSA) is 76.0 Å². The van der Waals surface area contributed by atoms with Gasteiger partial charge in [-0.2, -0.15) is 0 Å². The van der Waals surface area contributed by atoms with E-state index in [0.717, 1.165) is 10.9 Å². The van der Waals surface area contributed by atoms with Crippen molar-refractivity contribution in [1.82, 2.24) is 20.2 Å². The number of aromatic nitrogens is 2. The van der Waals surface area contributed by atoms with Gasteiger partial charge in [0.05, 0.1) is 10.9 Å². The Bertz CT molecular complexity index is 606. The number of nitrogens with zero attached hydrogens (tertiary/aromatic N) is 2. The van der Waals surface area contributed by atoms with Crippen molar-refractivity contribution in [2.75, 3.05) is 0 Å². The lowest BCUT2D eigenvalue weighted by Crippen LogP contribution is -2.45. The standard InChI is InChI=1S/C17H28N4O2S/c1-10(2)18-16(23)20-15(22)13(5)24-17-19-11(3)12(4)21(17)14-8-6-7-9-14/h10,13-14H,6-9H2,1-5H3,(H2,18,20,22,23). The number of nitrogens with one attached hydrogen (secondary N) is 2. The number of amides is 3. The zero-order chi connectivity index (χ0) is 17.9. The van der Waals surface area contributed by atoms with E-state index in [4.69, 9.17) is 0 Å². The Morgan fingerprint density at radius 3 is 2.42 bits per heavy atom. The molecule has 0 aliphatic heterocycles. The van der Waals surface area contributed by atoms with Crippen LogP contribution in [-0.4, -0.2) is 32.8 Å². The third-order valence-electron chi connectivity index (χ3n) is 4.35. The van der Waals surface area contributed by atoms with Crippen LogP contribution in [0.4, 0.5) is 4.79 Å². The summed E-state index contributed by atoms with van der Waals surface area (Å²) in [5.41, 5.74) is 2.18. The van der Waals surface area contributed by atoms with Gasteiger partial charge in [0.25, 0.3) is 0 Å². The Kier molecular flexibility index (Phi) is 6.32. The smallest absolute Gasteiger partial charge is 0.321 e. The quantitative estimate of drug-likeness (QED) is 0.797. The van der Waals surface area contributed by atoms with Crippen LogP contribution in [0.15, 0.2) is 5.16 Å². The first-order valence-electron chi connectivity index (χ1n) is 8.63. The zero-order valence-electron chi connectivity index (χ0n) is 15.2. The summed E-state index contributed by atoms with van der Waals surface area (Å²) < 4.78 is 2.28. The summed E-state index contributed by atoms with van der Waals surface area (Å²) in [6, 6.07) is 0.0227. The molecule has 1 saturated carbocycles. The fourth-order valence-electron chi connectivity index (χ4n) is 3.00. The largest absolute Gasteiger partial charge is 0.336 e. The molecular weight excluding hydrogens is 324 g/mol. The number of aryl methyl sites for hydroxylation is 1. The summed E-state index contributed by atoms with van der Waals surface area (Å²) in [7, 11) is 0. The fraction of sp³-hybridized carbons (Fsp3) is 0.706. The highest BCUT2D eigenvalue weighted by molar-refractivity contribution is 8.00. The minimum Gasteiger partial charge on any atom is -0.336 e. The number of hydrogen-bond donors (Lipinski definition) is 2. The molecule has 0 bridgehead atoms. The van der Waals surface area contributed by atoms with Crippen molar-refractivity contribution < 1.29 is 9.59 Å². The highest BCUT2D eigenvalue weighted by atomic mass is 32.2. The van der Waals surface area contributed by atoms with Crippen molar-refractivity contribution in [3.8, 4) is 0 Å². The summed E-state index contributed by atoms with van der Waals surface area (Å²) in [6.45, 7) is 9.61. The fourth-order valence-corrected chi connectivity index (χ4v) is 4.07. The van der Waals surface area contributed by atoms with E-state index in [2.05, 4.69) is 27.1 Å². The lowest BCUT2D eigenvalue weighted by atomic mass is 10.2. The Labute approximate surface area is 148 Å². The van der Waals surface area contributed by atoms with Crippen molar-refractivity contribution in [2.24, 2.45) is 0 Å². The molecule has 0 spiro atoms. The van der Waals surface area contributed by atoms with Crippen LogP contribution in [-0.2, 0) is 4.79 Å². The van der Waals surface area contributed by atoms with Crippen molar-refractivity contribution in [3.05, 3.63) is 11.4 Å². The van der Waals surface area contributed by atoms with Crippen LogP contribution in [0.3, 0.4) is 0 Å². The van der Waals surface area contributed by atoms with Crippen LogP contribution >= 0.6 is 11.8 Å². The summed E-state index contributed by atoms with van der Waals surface area (Å²) in [5.74, 6) is -0.297. The lowest BCUT2D eigenvalue weighted by molar-refractivity contribution is -0.119. The maximum atomic E-state index is 12.2. The molecule has 0 radical (unpaired) electrons. The van der Waals surface area contributed by atoms with E-state index >= 15 is 0 Å². The molecule has 1 aliphatic rings. The molecule has 1 unspecified atom stereocenters. The van der Waals surface area contributed by atoms with Gasteiger partial charge in [0.2, 0.25) is 5.91 Å². The van der Waals surface area contributed by atoms with Crippen LogP contribution in [0.2, 0.25) is 0 Å². The van der Waals surface area contributed by atoms with Gasteiger partial charge in [-0.25, -0.2) is 9.78 Å². The SMILES string of the molecule is Cc1nc(SC(C)C(=O)NC(=O)NC(C)C)n(C2CCCC2)c1C. The van der Waals surface area contributed by atoms with Gasteiger partial charge in [-0.15, -0.1) is 0 Å². The molecule has 1 aliphatic carbocycles. The average Bonchev–Trinajstić information content (AvgIpc) is 3.07. The molecule has 1 fully saturated rings. The molecule has 3 amide bonds. The van der Waals surface area contributed by atoms with Crippen molar-refractivity contribution in [3.63, 3.8) is 0 Å². The second-order valence-electron chi connectivity index (χ2n) is 6.75. The first-order chi connectivity index (χ1) is 11.3. The van der Waals surface area contributed by atoms with Crippen LogP contribution in [0.25, 0.3) is 0 Å². The van der Waals surface area contributed by atoms with E-state index in [1.165, 1.54) is 43.1 Å². The maximum Gasteiger partial charge on any atom is 0.321 e. The summed E-state index contributed by atoms with van der Waals surface area (Å²) in [4.78, 5) is 28.6. The van der Waals surface area contributed by atoms with Crippen LogP contribution in [0.5, 0.6) is 0 Å². The summed E-state index contributed by atoms with van der Waals surface area (Å²) in [6.07, 6.45) is 4.83. The van der Waals surface area contributed by atoms with Gasteiger partial charge < -0.3 is 9.88 Å². The molecule has 0 aromatic carbocycles. The summed E-state index contributed by atoms with van der Waals surface area (Å²) in [5, 5.41) is 5.55. The van der Waals surface area contributed by atoms with Crippen molar-refractivity contribution in [2.45, 2.75) is 82.8 Å². The van der Waals surface area contributed by atoms with Crippen LogP contribution < -0.4 is 10.6 Å². The highest BCUT2D eigenvalue weighted by Gasteiger charge is 2.26. The van der Waals surface area contributed by atoms with Gasteiger partial charge >= 0.3 is 6.03 Å². The number of urea groups is 1. The molecule has 6 nitrogen and oxygen atoms in total. The van der Waals surface area contributed by atoms with Gasteiger partial charge in [0.1, 0.15) is 0 Å². The second-order valence-corrected chi connectivity index (χ2v) is 8.06. The monoisotopic (exact) mass is 352 g/mol. The number of rotatable bonds is 5. The van der Waals surface area contributed by atoms with E-state index < -0.39 is 6.03 Å². The lowest BCUT2D eigenvalue weighted by Gasteiger charge is -2.18. The second kappa shape index (κ2) is 8.05. The van der Waals surface area contributed by atoms with Gasteiger partial charge in [0.15, 0.2) is 5.16 Å². The Morgan fingerprint density at radius 1 is 1.21 bits per heavy atom. The zero-order valence-corrected chi connectivity index (χ0v) is 16.0. The number of hydrogen-bond acceptors (Lipinski definition) is 4. The number of carbonyl (C=O) groups is 2. The number of thioether (sulfide) groups is 1. The minimum atomic E-state index is -0.450. The molecule has 1 aromatic rings. The van der Waals surface area contributed by atoms with Crippen LogP contribution in [0.1, 0.15) is 63.9 Å². The molecule has 0 saturated heterocycles. The predicted molar refractivity (Wildman–Crippen MR) is 96.3 cm³/mol. The van der Waals surface area contributed by atoms with E-state index in [-0.39, 0.29) is 17.2 Å². The minimum absolute atomic E-state index is 0.00711. The number of carbonyl (C=O) groups excluding carboxylic acids is 2. The van der Waals surface area contributed by atoms with Gasteiger partial charge in [0, 0.05) is 17.8 Å². The Morgan fingerprint density at radius 2 is 1.83 bits per heavy atom. The first-order valence-corrected chi connectivity index (χ1v) is 9.51.